The van der Waals surface area contributed by atoms with Crippen molar-refractivity contribution in [3.63, 3.8) is 0 Å². The lowest BCUT2D eigenvalue weighted by Crippen LogP contribution is -2.30. The molecule has 0 spiro atoms. The molecule has 0 saturated carbocycles. The first-order chi connectivity index (χ1) is 11.5. The van der Waals surface area contributed by atoms with E-state index in [2.05, 4.69) is 29.2 Å². The molecule has 1 heterocycles. The van der Waals surface area contributed by atoms with Crippen LogP contribution in [0.1, 0.15) is 29.5 Å². The smallest absolute Gasteiger partial charge is 0.298 e. The third-order valence-corrected chi connectivity index (χ3v) is 4.36. The van der Waals surface area contributed by atoms with Crippen LogP contribution in [-0.2, 0) is 12.7 Å². The molecule has 0 unspecified atom stereocenters. The average molecular weight is 331 g/mol. The van der Waals surface area contributed by atoms with E-state index in [4.69, 9.17) is 0 Å². The van der Waals surface area contributed by atoms with E-state index in [1.54, 1.807) is 12.1 Å². The van der Waals surface area contributed by atoms with Crippen molar-refractivity contribution in [2.45, 2.75) is 25.6 Å². The number of hydrogen-bond acceptors (Lipinski definition) is 1. The van der Waals surface area contributed by atoms with Crippen LogP contribution in [0.5, 0.6) is 0 Å². The van der Waals surface area contributed by atoms with Crippen molar-refractivity contribution in [3.8, 4) is 0 Å². The SMILES string of the molecule is FC(F)(F)c1ccc(C=C2CCN(Cc3ccccc3)CC2)cc1. The minimum Gasteiger partial charge on any atom is -0.298 e. The molecule has 1 saturated heterocycles. The molecule has 3 rings (SSSR count). The van der Waals surface area contributed by atoms with Crippen LogP contribution in [0, 0.1) is 0 Å². The van der Waals surface area contributed by atoms with Crippen LogP contribution in [0.25, 0.3) is 6.08 Å². The number of alkyl halides is 3. The highest BCUT2D eigenvalue weighted by Crippen LogP contribution is 2.29. The molecular weight excluding hydrogens is 311 g/mol. The fraction of sp³-hybridized carbons (Fsp3) is 0.300. The standard InChI is InChI=1S/C20H20F3N/c21-20(22,23)19-8-6-16(7-9-19)14-17-10-12-24(13-11-17)15-18-4-2-1-3-5-18/h1-9,14H,10-13,15H2. The fourth-order valence-corrected chi connectivity index (χ4v) is 2.99. The van der Waals surface area contributed by atoms with Crippen molar-refractivity contribution in [3.05, 3.63) is 76.9 Å². The van der Waals surface area contributed by atoms with Gasteiger partial charge in [-0.1, -0.05) is 54.1 Å². The first kappa shape index (κ1) is 16.8. The zero-order valence-electron chi connectivity index (χ0n) is 13.4. The minimum atomic E-state index is -4.27. The Hall–Kier alpha value is -2.07. The molecular formula is C20H20F3N. The highest BCUT2D eigenvalue weighted by atomic mass is 19.4. The van der Waals surface area contributed by atoms with Crippen LogP contribution in [0.15, 0.2) is 60.2 Å². The van der Waals surface area contributed by atoms with Gasteiger partial charge in [0.15, 0.2) is 0 Å². The van der Waals surface area contributed by atoms with E-state index in [0.717, 1.165) is 50.2 Å². The van der Waals surface area contributed by atoms with Gasteiger partial charge >= 0.3 is 6.18 Å². The highest BCUT2D eigenvalue weighted by molar-refractivity contribution is 5.53. The van der Waals surface area contributed by atoms with Crippen LogP contribution in [0.2, 0.25) is 0 Å². The van der Waals surface area contributed by atoms with Crippen LogP contribution in [-0.4, -0.2) is 18.0 Å². The predicted octanol–water partition coefficient (Wildman–Crippen LogP) is 5.38. The number of rotatable bonds is 3. The van der Waals surface area contributed by atoms with Crippen molar-refractivity contribution in [2.24, 2.45) is 0 Å². The molecule has 0 bridgehead atoms. The van der Waals surface area contributed by atoms with Gasteiger partial charge in [-0.2, -0.15) is 13.2 Å². The van der Waals surface area contributed by atoms with Gasteiger partial charge in [0, 0.05) is 19.6 Å². The Labute approximate surface area is 140 Å². The maximum Gasteiger partial charge on any atom is 0.416 e. The average Bonchev–Trinajstić information content (AvgIpc) is 2.57. The number of halogens is 3. The Morgan fingerprint density at radius 1 is 0.875 bits per heavy atom. The molecule has 0 radical (unpaired) electrons. The Morgan fingerprint density at radius 3 is 2.08 bits per heavy atom. The maximum absolute atomic E-state index is 12.6. The number of benzene rings is 2. The van der Waals surface area contributed by atoms with E-state index in [-0.39, 0.29) is 0 Å². The molecule has 0 atom stereocenters. The molecule has 0 amide bonds. The summed E-state index contributed by atoms with van der Waals surface area (Å²) in [4.78, 5) is 2.42. The molecule has 0 aliphatic carbocycles. The van der Waals surface area contributed by atoms with Crippen molar-refractivity contribution in [1.82, 2.24) is 4.90 Å². The van der Waals surface area contributed by atoms with Crippen molar-refractivity contribution in [1.29, 1.82) is 0 Å². The fourth-order valence-electron chi connectivity index (χ4n) is 2.99. The van der Waals surface area contributed by atoms with Gasteiger partial charge in [0.25, 0.3) is 0 Å². The molecule has 1 aliphatic rings. The third kappa shape index (κ3) is 4.48. The zero-order chi connectivity index (χ0) is 17.0. The van der Waals surface area contributed by atoms with Crippen LogP contribution < -0.4 is 0 Å². The quantitative estimate of drug-likeness (QED) is 0.729. The Balaban J connectivity index is 1.57. The molecule has 2 aromatic carbocycles. The molecule has 2 aromatic rings. The van der Waals surface area contributed by atoms with E-state index in [0.29, 0.717) is 0 Å². The van der Waals surface area contributed by atoms with Gasteiger partial charge in [0.05, 0.1) is 5.56 Å². The van der Waals surface area contributed by atoms with Crippen LogP contribution in [0.4, 0.5) is 13.2 Å². The zero-order valence-corrected chi connectivity index (χ0v) is 13.4. The van der Waals surface area contributed by atoms with E-state index in [1.165, 1.54) is 11.1 Å². The van der Waals surface area contributed by atoms with Gasteiger partial charge in [0.2, 0.25) is 0 Å². The summed E-state index contributed by atoms with van der Waals surface area (Å²) in [7, 11) is 0. The van der Waals surface area contributed by atoms with E-state index >= 15 is 0 Å². The normalized spacial score (nSPS) is 16.2. The van der Waals surface area contributed by atoms with Crippen molar-refractivity contribution >= 4 is 6.08 Å². The van der Waals surface area contributed by atoms with Crippen LogP contribution in [0.3, 0.4) is 0 Å². The lowest BCUT2D eigenvalue weighted by atomic mass is 10.00. The van der Waals surface area contributed by atoms with Gasteiger partial charge in [-0.25, -0.2) is 0 Å². The van der Waals surface area contributed by atoms with Crippen LogP contribution >= 0.6 is 0 Å². The number of likely N-dealkylation sites (tertiary alicyclic amines) is 1. The van der Waals surface area contributed by atoms with Gasteiger partial charge < -0.3 is 0 Å². The second-order valence-corrected chi connectivity index (χ2v) is 6.18. The lowest BCUT2D eigenvalue weighted by molar-refractivity contribution is -0.137. The molecule has 4 heteroatoms. The number of piperidine rings is 1. The minimum absolute atomic E-state index is 0.595. The molecule has 1 aliphatic heterocycles. The van der Waals surface area contributed by atoms with E-state index < -0.39 is 11.7 Å². The van der Waals surface area contributed by atoms with E-state index in [9.17, 15) is 13.2 Å². The summed E-state index contributed by atoms with van der Waals surface area (Å²) in [6.07, 6.45) is -0.309. The summed E-state index contributed by atoms with van der Waals surface area (Å²) in [5, 5.41) is 0. The number of nitrogens with zero attached hydrogens (tertiary/aromatic N) is 1. The molecule has 126 valence electrons. The van der Waals surface area contributed by atoms with Crippen molar-refractivity contribution in [2.75, 3.05) is 13.1 Å². The summed E-state index contributed by atoms with van der Waals surface area (Å²) >= 11 is 0. The third-order valence-electron chi connectivity index (χ3n) is 4.36. The summed E-state index contributed by atoms with van der Waals surface area (Å²) in [5.41, 5.74) is 2.86. The lowest BCUT2D eigenvalue weighted by Gasteiger charge is -2.28. The van der Waals surface area contributed by atoms with Gasteiger partial charge in [-0.15, -0.1) is 0 Å². The largest absolute Gasteiger partial charge is 0.416 e. The molecule has 0 N–H and O–H groups in total. The summed E-state index contributed by atoms with van der Waals surface area (Å²) in [6, 6.07) is 15.8. The topological polar surface area (TPSA) is 3.24 Å². The van der Waals surface area contributed by atoms with Gasteiger partial charge in [-0.05, 0) is 36.1 Å². The summed E-state index contributed by atoms with van der Waals surface area (Å²) in [6.45, 7) is 2.93. The number of hydrogen-bond donors (Lipinski definition) is 0. The summed E-state index contributed by atoms with van der Waals surface area (Å²) in [5.74, 6) is 0. The predicted molar refractivity (Wildman–Crippen MR) is 90.4 cm³/mol. The van der Waals surface area contributed by atoms with Gasteiger partial charge in [0.1, 0.15) is 0 Å². The van der Waals surface area contributed by atoms with Crippen molar-refractivity contribution < 1.29 is 13.2 Å². The van der Waals surface area contributed by atoms with Gasteiger partial charge in [-0.3, -0.25) is 4.90 Å². The second-order valence-electron chi connectivity index (χ2n) is 6.18. The maximum atomic E-state index is 12.6. The monoisotopic (exact) mass is 331 g/mol. The first-order valence-corrected chi connectivity index (χ1v) is 8.14. The molecule has 1 nitrogen and oxygen atoms in total. The Morgan fingerprint density at radius 2 is 1.50 bits per heavy atom. The first-order valence-electron chi connectivity index (χ1n) is 8.14. The highest BCUT2D eigenvalue weighted by Gasteiger charge is 2.29. The molecule has 24 heavy (non-hydrogen) atoms. The Kier molecular flexibility index (Phi) is 5.05. The molecule has 1 fully saturated rings. The van der Waals surface area contributed by atoms with E-state index in [1.807, 2.05) is 12.1 Å². The molecule has 0 aromatic heterocycles. The Bertz CT molecular complexity index is 677. The summed E-state index contributed by atoms with van der Waals surface area (Å²) < 4.78 is 37.7. The second kappa shape index (κ2) is 7.22.